The minimum Gasteiger partial charge on any atom is -0.489 e. The zero-order chi connectivity index (χ0) is 24.1. The number of nitrogens with zero attached hydrogens (tertiary/aromatic N) is 2. The number of H-pyrrole nitrogens is 1. The third-order valence-corrected chi connectivity index (χ3v) is 5.90. The number of aromatic nitrogens is 2. The highest BCUT2D eigenvalue weighted by Crippen LogP contribution is 2.23. The fraction of sp³-hybridized carbons (Fsp3) is 0.115. The topological polar surface area (TPSA) is 79.4 Å². The number of carbonyl (C=O) groups is 1. The summed E-state index contributed by atoms with van der Waals surface area (Å²) in [6.45, 7) is 4.31. The van der Waals surface area contributed by atoms with Crippen molar-refractivity contribution in [2.45, 2.75) is 20.5 Å². The number of hydrazone groups is 1. The summed E-state index contributed by atoms with van der Waals surface area (Å²) >= 11 is 12.0. The monoisotopic (exact) mass is 492 g/mol. The maximum Gasteiger partial charge on any atom is 0.289 e. The summed E-state index contributed by atoms with van der Waals surface area (Å²) < 4.78 is 5.85. The van der Waals surface area contributed by atoms with E-state index in [2.05, 4.69) is 51.9 Å². The molecule has 1 aromatic heterocycles. The Morgan fingerprint density at radius 1 is 1.00 bits per heavy atom. The van der Waals surface area contributed by atoms with E-state index in [0.29, 0.717) is 33.8 Å². The average molecular weight is 493 g/mol. The van der Waals surface area contributed by atoms with Crippen molar-refractivity contribution in [1.82, 2.24) is 15.6 Å². The van der Waals surface area contributed by atoms with Crippen LogP contribution in [0.15, 0.2) is 77.9 Å². The second-order valence-electron chi connectivity index (χ2n) is 7.73. The minimum absolute atomic E-state index is 0.292. The van der Waals surface area contributed by atoms with Gasteiger partial charge in [-0.05, 0) is 67.4 Å². The van der Waals surface area contributed by atoms with Gasteiger partial charge in [-0.15, -0.1) is 0 Å². The van der Waals surface area contributed by atoms with Crippen LogP contribution >= 0.6 is 23.2 Å². The molecule has 2 N–H and O–H groups in total. The molecule has 0 aliphatic heterocycles. The molecule has 0 spiro atoms. The fourth-order valence-corrected chi connectivity index (χ4v) is 3.44. The maximum atomic E-state index is 12.5. The molecule has 0 radical (unpaired) electrons. The van der Waals surface area contributed by atoms with Crippen molar-refractivity contribution in [3.05, 3.63) is 105 Å². The molecule has 8 heteroatoms. The summed E-state index contributed by atoms with van der Waals surface area (Å²) in [5, 5.41) is 12.0. The van der Waals surface area contributed by atoms with Gasteiger partial charge in [-0.1, -0.05) is 59.1 Å². The quantitative estimate of drug-likeness (QED) is 0.230. The van der Waals surface area contributed by atoms with Gasteiger partial charge in [0.25, 0.3) is 5.91 Å². The Bertz CT molecular complexity index is 1330. The molecule has 0 atom stereocenters. The number of carbonyl (C=O) groups excluding carboxylic acids is 1. The first-order valence-corrected chi connectivity index (χ1v) is 11.3. The molecule has 1 amide bonds. The van der Waals surface area contributed by atoms with Gasteiger partial charge in [0, 0.05) is 5.56 Å². The molecule has 3 aromatic carbocycles. The minimum atomic E-state index is -0.406. The predicted octanol–water partition coefficient (Wildman–Crippen LogP) is 6.42. The highest BCUT2D eigenvalue weighted by Gasteiger charge is 2.11. The molecular weight excluding hydrogens is 471 g/mol. The van der Waals surface area contributed by atoms with Gasteiger partial charge in [-0.3, -0.25) is 9.89 Å². The number of aryl methyl sites for hydroxylation is 1. The summed E-state index contributed by atoms with van der Waals surface area (Å²) in [5.41, 5.74) is 7.98. The number of rotatable bonds is 7. The SMILES string of the molecule is C/C(=N/NC(=O)c1cc(-c2ccc(OCc3ccc(C)cc3)cc2)n[nH]1)c1ccc(Cl)c(Cl)c1. The average Bonchev–Trinajstić information content (AvgIpc) is 3.34. The predicted molar refractivity (Wildman–Crippen MR) is 136 cm³/mol. The fourth-order valence-electron chi connectivity index (χ4n) is 3.14. The van der Waals surface area contributed by atoms with Crippen LogP contribution in [-0.4, -0.2) is 21.8 Å². The van der Waals surface area contributed by atoms with Gasteiger partial charge in [0.2, 0.25) is 0 Å². The molecule has 0 saturated carbocycles. The number of benzene rings is 3. The van der Waals surface area contributed by atoms with Crippen LogP contribution in [-0.2, 0) is 6.61 Å². The highest BCUT2D eigenvalue weighted by atomic mass is 35.5. The summed E-state index contributed by atoms with van der Waals surface area (Å²) in [4.78, 5) is 12.5. The summed E-state index contributed by atoms with van der Waals surface area (Å²) in [6, 6.07) is 22.6. The third-order valence-electron chi connectivity index (χ3n) is 5.16. The van der Waals surface area contributed by atoms with Crippen LogP contribution in [0, 0.1) is 6.92 Å². The molecule has 0 fully saturated rings. The van der Waals surface area contributed by atoms with E-state index in [4.69, 9.17) is 27.9 Å². The second kappa shape index (κ2) is 10.5. The molecule has 1 heterocycles. The largest absolute Gasteiger partial charge is 0.489 e. The van der Waals surface area contributed by atoms with Crippen molar-refractivity contribution < 1.29 is 9.53 Å². The van der Waals surface area contributed by atoms with Crippen molar-refractivity contribution in [2.75, 3.05) is 0 Å². The molecule has 4 aromatic rings. The van der Waals surface area contributed by atoms with E-state index >= 15 is 0 Å². The standard InChI is InChI=1S/C26H22Cl2N4O2/c1-16-3-5-18(6-4-16)15-34-21-10-7-19(8-11-21)24-14-25(31-30-24)26(33)32-29-17(2)20-9-12-22(27)23(28)13-20/h3-14H,15H2,1-2H3,(H,30,31)(H,32,33)/b29-17-. The van der Waals surface area contributed by atoms with Crippen molar-refractivity contribution in [1.29, 1.82) is 0 Å². The Hall–Kier alpha value is -3.61. The lowest BCUT2D eigenvalue weighted by molar-refractivity contribution is 0.0950. The molecule has 172 valence electrons. The number of halogens is 2. The van der Waals surface area contributed by atoms with Crippen molar-refractivity contribution in [2.24, 2.45) is 5.10 Å². The van der Waals surface area contributed by atoms with Crippen molar-refractivity contribution in [3.63, 3.8) is 0 Å². The smallest absolute Gasteiger partial charge is 0.289 e. The van der Waals surface area contributed by atoms with Crippen LogP contribution in [0.2, 0.25) is 10.0 Å². The number of ether oxygens (including phenoxy) is 1. The van der Waals surface area contributed by atoms with Crippen molar-refractivity contribution in [3.8, 4) is 17.0 Å². The van der Waals surface area contributed by atoms with Gasteiger partial charge in [-0.2, -0.15) is 10.2 Å². The van der Waals surface area contributed by atoms with E-state index in [-0.39, 0.29) is 0 Å². The Morgan fingerprint density at radius 2 is 1.74 bits per heavy atom. The first-order chi connectivity index (χ1) is 16.4. The number of nitrogens with one attached hydrogen (secondary N) is 2. The first kappa shape index (κ1) is 23.5. The van der Waals surface area contributed by atoms with Gasteiger partial charge in [-0.25, -0.2) is 5.43 Å². The van der Waals surface area contributed by atoms with Gasteiger partial charge in [0.1, 0.15) is 18.1 Å². The summed E-state index contributed by atoms with van der Waals surface area (Å²) in [6.07, 6.45) is 0. The molecule has 0 aliphatic rings. The molecular formula is C26H22Cl2N4O2. The number of amides is 1. The number of aromatic amines is 1. The van der Waals surface area contributed by atoms with Crippen molar-refractivity contribution >= 4 is 34.8 Å². The summed E-state index contributed by atoms with van der Waals surface area (Å²) in [7, 11) is 0. The Labute approximate surface area is 207 Å². The van der Waals surface area contributed by atoms with E-state index in [1.54, 1.807) is 31.2 Å². The molecule has 0 aliphatic carbocycles. The molecule has 0 saturated heterocycles. The van der Waals surface area contributed by atoms with Crippen LogP contribution in [0.25, 0.3) is 11.3 Å². The van der Waals surface area contributed by atoms with E-state index < -0.39 is 5.91 Å². The Balaban J connectivity index is 1.36. The Morgan fingerprint density at radius 3 is 2.44 bits per heavy atom. The van der Waals surface area contributed by atoms with Gasteiger partial charge >= 0.3 is 0 Å². The Kier molecular flexibility index (Phi) is 7.30. The zero-order valence-electron chi connectivity index (χ0n) is 18.6. The molecule has 0 bridgehead atoms. The van der Waals surface area contributed by atoms with E-state index in [1.165, 1.54) is 5.56 Å². The van der Waals surface area contributed by atoms with Crippen LogP contribution in [0.1, 0.15) is 34.1 Å². The highest BCUT2D eigenvalue weighted by molar-refractivity contribution is 6.42. The van der Waals surface area contributed by atoms with E-state index in [9.17, 15) is 4.79 Å². The van der Waals surface area contributed by atoms with E-state index in [0.717, 1.165) is 22.4 Å². The van der Waals surface area contributed by atoms with Gasteiger partial charge in [0.15, 0.2) is 0 Å². The second-order valence-corrected chi connectivity index (χ2v) is 8.55. The third kappa shape index (κ3) is 5.84. The zero-order valence-corrected chi connectivity index (χ0v) is 20.1. The summed E-state index contributed by atoms with van der Waals surface area (Å²) in [5.74, 6) is 0.348. The maximum absolute atomic E-state index is 12.5. The lowest BCUT2D eigenvalue weighted by Crippen LogP contribution is -2.19. The van der Waals surface area contributed by atoms with Crippen LogP contribution < -0.4 is 10.2 Å². The number of hydrogen-bond donors (Lipinski definition) is 2. The molecule has 0 unspecified atom stereocenters. The number of hydrogen-bond acceptors (Lipinski definition) is 4. The van der Waals surface area contributed by atoms with Gasteiger partial charge < -0.3 is 4.74 Å². The van der Waals surface area contributed by atoms with Crippen LogP contribution in [0.3, 0.4) is 0 Å². The molecule has 4 rings (SSSR count). The van der Waals surface area contributed by atoms with Gasteiger partial charge in [0.05, 0.1) is 21.5 Å². The first-order valence-electron chi connectivity index (χ1n) is 10.5. The van der Waals surface area contributed by atoms with Crippen LogP contribution in [0.4, 0.5) is 0 Å². The molecule has 6 nitrogen and oxygen atoms in total. The van der Waals surface area contributed by atoms with E-state index in [1.807, 2.05) is 24.3 Å². The lowest BCUT2D eigenvalue weighted by Gasteiger charge is -2.07. The lowest BCUT2D eigenvalue weighted by atomic mass is 10.1. The normalized spacial score (nSPS) is 11.4. The van der Waals surface area contributed by atoms with Crippen LogP contribution in [0.5, 0.6) is 5.75 Å². The molecule has 34 heavy (non-hydrogen) atoms.